The summed E-state index contributed by atoms with van der Waals surface area (Å²) < 4.78 is 0. The summed E-state index contributed by atoms with van der Waals surface area (Å²) in [6, 6.07) is 8.51. The van der Waals surface area contributed by atoms with Crippen LogP contribution in [0.3, 0.4) is 0 Å². The molecule has 2 heterocycles. The van der Waals surface area contributed by atoms with Gasteiger partial charge >= 0.3 is 0 Å². The van der Waals surface area contributed by atoms with Gasteiger partial charge < -0.3 is 15.1 Å². The molecule has 21 heavy (non-hydrogen) atoms. The van der Waals surface area contributed by atoms with E-state index >= 15 is 0 Å². The lowest BCUT2D eigenvalue weighted by Crippen LogP contribution is -2.51. The zero-order valence-electron chi connectivity index (χ0n) is 12.8. The molecule has 2 saturated heterocycles. The Hall–Kier alpha value is -1.55. The molecule has 1 amide bonds. The molecule has 0 aromatic heterocycles. The van der Waals surface area contributed by atoms with Gasteiger partial charge in [-0.15, -0.1) is 0 Å². The molecule has 0 spiro atoms. The first-order valence-electron chi connectivity index (χ1n) is 8.06. The number of carbonyl (C=O) groups is 1. The molecule has 0 unspecified atom stereocenters. The second-order valence-corrected chi connectivity index (χ2v) is 6.12. The number of anilines is 1. The van der Waals surface area contributed by atoms with Gasteiger partial charge in [0.2, 0.25) is 5.91 Å². The Balaban J connectivity index is 1.57. The van der Waals surface area contributed by atoms with Gasteiger partial charge in [-0.25, -0.2) is 0 Å². The van der Waals surface area contributed by atoms with Gasteiger partial charge in [-0.3, -0.25) is 4.79 Å². The molecule has 0 aliphatic carbocycles. The number of nitrogens with one attached hydrogen (secondary N) is 1. The minimum atomic E-state index is 0.247. The minimum absolute atomic E-state index is 0.247. The molecule has 4 heteroatoms. The van der Waals surface area contributed by atoms with Crippen LogP contribution in [0.5, 0.6) is 0 Å². The fourth-order valence-electron chi connectivity index (χ4n) is 3.41. The molecule has 0 radical (unpaired) electrons. The lowest BCUT2D eigenvalue weighted by Gasteiger charge is -2.38. The Bertz CT molecular complexity index is 489. The highest BCUT2D eigenvalue weighted by atomic mass is 16.2. The highest BCUT2D eigenvalue weighted by Crippen LogP contribution is 2.22. The van der Waals surface area contributed by atoms with Gasteiger partial charge in [0.1, 0.15) is 0 Å². The van der Waals surface area contributed by atoms with E-state index in [1.807, 2.05) is 0 Å². The number of hydrogen-bond acceptors (Lipinski definition) is 3. The van der Waals surface area contributed by atoms with Crippen LogP contribution in [0.4, 0.5) is 5.69 Å². The van der Waals surface area contributed by atoms with Crippen molar-refractivity contribution in [2.45, 2.75) is 19.8 Å². The molecule has 1 N–H and O–H groups in total. The van der Waals surface area contributed by atoms with E-state index in [4.69, 9.17) is 0 Å². The fraction of sp³-hybridized carbons (Fsp3) is 0.588. The monoisotopic (exact) mass is 287 g/mol. The van der Waals surface area contributed by atoms with Crippen molar-refractivity contribution in [3.05, 3.63) is 29.8 Å². The summed E-state index contributed by atoms with van der Waals surface area (Å²) in [5.41, 5.74) is 2.63. The first-order valence-corrected chi connectivity index (χ1v) is 8.06. The lowest BCUT2D eigenvalue weighted by atomic mass is 9.96. The zero-order valence-corrected chi connectivity index (χ0v) is 12.8. The van der Waals surface area contributed by atoms with Gasteiger partial charge in [-0.05, 0) is 44.5 Å². The van der Waals surface area contributed by atoms with Gasteiger partial charge in [0.25, 0.3) is 0 Å². The van der Waals surface area contributed by atoms with E-state index in [0.717, 1.165) is 52.1 Å². The van der Waals surface area contributed by atoms with Crippen molar-refractivity contribution in [2.75, 3.05) is 44.2 Å². The van der Waals surface area contributed by atoms with Gasteiger partial charge in [-0.1, -0.05) is 18.2 Å². The number of rotatable bonds is 2. The molecule has 0 atom stereocenters. The van der Waals surface area contributed by atoms with Crippen molar-refractivity contribution in [1.82, 2.24) is 10.2 Å². The van der Waals surface area contributed by atoms with Crippen molar-refractivity contribution in [2.24, 2.45) is 5.92 Å². The summed E-state index contributed by atoms with van der Waals surface area (Å²) in [7, 11) is 0. The topological polar surface area (TPSA) is 35.6 Å². The second kappa shape index (κ2) is 6.48. The molecule has 2 aliphatic heterocycles. The molecule has 1 aromatic carbocycles. The first kappa shape index (κ1) is 14.4. The molecule has 2 fully saturated rings. The van der Waals surface area contributed by atoms with Crippen molar-refractivity contribution in [1.29, 1.82) is 0 Å². The lowest BCUT2D eigenvalue weighted by molar-refractivity contribution is -0.136. The number of nitrogens with zero attached hydrogens (tertiary/aromatic N) is 2. The number of amides is 1. The van der Waals surface area contributed by atoms with Crippen LogP contribution in [0, 0.1) is 12.8 Å². The Morgan fingerprint density at radius 3 is 2.43 bits per heavy atom. The molecule has 2 aliphatic rings. The molecular weight excluding hydrogens is 262 g/mol. The number of benzene rings is 1. The van der Waals surface area contributed by atoms with Crippen molar-refractivity contribution in [3.8, 4) is 0 Å². The average molecular weight is 287 g/mol. The van der Waals surface area contributed by atoms with Crippen LogP contribution in [-0.4, -0.2) is 50.1 Å². The van der Waals surface area contributed by atoms with Gasteiger partial charge in [0, 0.05) is 37.8 Å². The second-order valence-electron chi connectivity index (χ2n) is 6.12. The Morgan fingerprint density at radius 2 is 1.76 bits per heavy atom. The van der Waals surface area contributed by atoms with Crippen molar-refractivity contribution >= 4 is 11.6 Å². The highest BCUT2D eigenvalue weighted by molar-refractivity contribution is 5.79. The summed E-state index contributed by atoms with van der Waals surface area (Å²) >= 11 is 0. The molecule has 4 nitrogen and oxygen atoms in total. The SMILES string of the molecule is Cc1ccccc1N1CCN(C(=O)C2CCNCC2)CC1. The van der Waals surface area contributed by atoms with Crippen LogP contribution in [0.25, 0.3) is 0 Å². The van der Waals surface area contributed by atoms with Crippen LogP contribution in [0.1, 0.15) is 18.4 Å². The summed E-state index contributed by atoms with van der Waals surface area (Å²) in [5.74, 6) is 0.622. The van der Waals surface area contributed by atoms with Gasteiger partial charge in [0.15, 0.2) is 0 Å². The van der Waals surface area contributed by atoms with Crippen LogP contribution < -0.4 is 10.2 Å². The standard InChI is InChI=1S/C17H25N3O/c1-14-4-2-3-5-16(14)19-10-12-20(13-11-19)17(21)15-6-8-18-9-7-15/h2-5,15,18H,6-13H2,1H3. The number of para-hydroxylation sites is 1. The smallest absolute Gasteiger partial charge is 0.225 e. The van der Waals surface area contributed by atoms with E-state index in [-0.39, 0.29) is 5.92 Å². The molecule has 3 rings (SSSR count). The predicted octanol–water partition coefficient (Wildman–Crippen LogP) is 1.64. The number of carbonyl (C=O) groups excluding carboxylic acids is 1. The van der Waals surface area contributed by atoms with E-state index in [1.165, 1.54) is 11.3 Å². The van der Waals surface area contributed by atoms with Crippen LogP contribution in [-0.2, 0) is 4.79 Å². The third-order valence-corrected chi connectivity index (χ3v) is 4.74. The Labute approximate surface area is 127 Å². The molecule has 0 saturated carbocycles. The summed E-state index contributed by atoms with van der Waals surface area (Å²) in [6.07, 6.45) is 1.99. The van der Waals surface area contributed by atoms with Gasteiger partial charge in [0.05, 0.1) is 0 Å². The fourth-order valence-corrected chi connectivity index (χ4v) is 3.41. The van der Waals surface area contributed by atoms with Crippen LogP contribution in [0.2, 0.25) is 0 Å². The maximum Gasteiger partial charge on any atom is 0.225 e. The van der Waals surface area contributed by atoms with E-state index in [1.54, 1.807) is 0 Å². The maximum absolute atomic E-state index is 12.5. The van der Waals surface area contributed by atoms with E-state index in [9.17, 15) is 4.79 Å². The van der Waals surface area contributed by atoms with Crippen LogP contribution in [0.15, 0.2) is 24.3 Å². The number of hydrogen-bond donors (Lipinski definition) is 1. The Kier molecular flexibility index (Phi) is 4.44. The summed E-state index contributed by atoms with van der Waals surface area (Å²) in [5, 5.41) is 3.33. The number of aryl methyl sites for hydroxylation is 1. The predicted molar refractivity (Wildman–Crippen MR) is 85.6 cm³/mol. The van der Waals surface area contributed by atoms with E-state index in [2.05, 4.69) is 46.3 Å². The Morgan fingerprint density at radius 1 is 1.10 bits per heavy atom. The summed E-state index contributed by atoms with van der Waals surface area (Å²) in [6.45, 7) is 7.73. The van der Waals surface area contributed by atoms with Crippen molar-refractivity contribution < 1.29 is 4.79 Å². The molecule has 114 valence electrons. The molecule has 1 aromatic rings. The third kappa shape index (κ3) is 3.21. The van der Waals surface area contributed by atoms with Crippen molar-refractivity contribution in [3.63, 3.8) is 0 Å². The minimum Gasteiger partial charge on any atom is -0.368 e. The van der Waals surface area contributed by atoms with Gasteiger partial charge in [-0.2, -0.15) is 0 Å². The number of piperidine rings is 1. The third-order valence-electron chi connectivity index (χ3n) is 4.74. The normalized spacial score (nSPS) is 20.6. The highest BCUT2D eigenvalue weighted by Gasteiger charge is 2.28. The van der Waals surface area contributed by atoms with Crippen LogP contribution >= 0.6 is 0 Å². The quantitative estimate of drug-likeness (QED) is 0.898. The molecule has 0 bridgehead atoms. The maximum atomic E-state index is 12.5. The zero-order chi connectivity index (χ0) is 14.7. The van der Waals surface area contributed by atoms with E-state index in [0.29, 0.717) is 5.91 Å². The number of piperazine rings is 1. The summed E-state index contributed by atoms with van der Waals surface area (Å²) in [4.78, 5) is 17.0. The average Bonchev–Trinajstić information content (AvgIpc) is 2.56. The first-order chi connectivity index (χ1) is 10.3. The molecular formula is C17H25N3O. The largest absolute Gasteiger partial charge is 0.368 e. The van der Waals surface area contributed by atoms with E-state index < -0.39 is 0 Å².